The molecule has 10 heteroatoms. The van der Waals surface area contributed by atoms with Crippen molar-refractivity contribution in [3.63, 3.8) is 0 Å². The van der Waals surface area contributed by atoms with Crippen LogP contribution in [-0.2, 0) is 11.2 Å². The second-order valence-corrected chi connectivity index (χ2v) is 7.86. The molecule has 0 unspecified atom stereocenters. The number of hydrogen-bond donors (Lipinski definition) is 2. The lowest BCUT2D eigenvalue weighted by atomic mass is 10.2. The summed E-state index contributed by atoms with van der Waals surface area (Å²) in [6, 6.07) is 9.89. The Morgan fingerprint density at radius 2 is 1.66 bits per heavy atom. The molecule has 2 N–H and O–H groups in total. The highest BCUT2D eigenvalue weighted by Crippen LogP contribution is 2.39. The quantitative estimate of drug-likeness (QED) is 0.467. The fraction of sp³-hybridized carbons (Fsp3) is 0.227. The smallest absolute Gasteiger partial charge is 0.257 e. The van der Waals surface area contributed by atoms with Crippen molar-refractivity contribution < 1.29 is 23.8 Å². The lowest BCUT2D eigenvalue weighted by Crippen LogP contribution is -2.13. The minimum absolute atomic E-state index is 0.195. The first kappa shape index (κ1) is 23.4. The maximum absolute atomic E-state index is 12.4. The van der Waals surface area contributed by atoms with E-state index >= 15 is 0 Å². The van der Waals surface area contributed by atoms with Crippen LogP contribution in [0.5, 0.6) is 17.2 Å². The first-order valence-corrected chi connectivity index (χ1v) is 10.8. The number of carbonyl (C=O) groups excluding carboxylic acids is 2. The van der Waals surface area contributed by atoms with Crippen molar-refractivity contribution in [1.29, 1.82) is 0 Å². The van der Waals surface area contributed by atoms with Crippen LogP contribution in [0.3, 0.4) is 0 Å². The van der Waals surface area contributed by atoms with Gasteiger partial charge in [0.05, 0.1) is 27.0 Å². The second-order valence-electron chi connectivity index (χ2n) is 6.57. The van der Waals surface area contributed by atoms with Gasteiger partial charge in [-0.05, 0) is 30.7 Å². The molecule has 0 atom stereocenters. The molecule has 0 radical (unpaired) electrons. The average molecular weight is 476 g/mol. The van der Waals surface area contributed by atoms with E-state index < -0.39 is 0 Å². The number of carbonyl (C=O) groups is 2. The minimum atomic E-state index is -0.275. The van der Waals surface area contributed by atoms with Crippen molar-refractivity contribution in [1.82, 2.24) is 4.98 Å². The molecule has 168 valence electrons. The monoisotopic (exact) mass is 475 g/mol. The van der Waals surface area contributed by atoms with E-state index in [1.807, 2.05) is 5.38 Å². The molecule has 0 aliphatic heterocycles. The standard InChI is InChI=1S/C22H22ClN3O5S/c1-29-17-10-16(11-18(30-2)20(17)31-3)24-19(27)9-8-15-12-32-22(25-15)26-21(28)13-4-6-14(23)7-5-13/h4-7,10-12H,8-9H2,1-3H3,(H,24,27)(H,25,26,28). The van der Waals surface area contributed by atoms with Crippen molar-refractivity contribution >= 4 is 45.6 Å². The zero-order chi connectivity index (χ0) is 23.1. The number of thiazole rings is 1. The van der Waals surface area contributed by atoms with Crippen LogP contribution in [0.15, 0.2) is 41.8 Å². The number of aromatic nitrogens is 1. The Balaban J connectivity index is 1.56. The number of nitrogens with zero attached hydrogens (tertiary/aromatic N) is 1. The summed E-state index contributed by atoms with van der Waals surface area (Å²) in [6.45, 7) is 0. The predicted molar refractivity (Wildman–Crippen MR) is 125 cm³/mol. The molecule has 2 aromatic carbocycles. The van der Waals surface area contributed by atoms with E-state index in [0.717, 1.165) is 0 Å². The molecule has 0 aliphatic rings. The molecule has 0 saturated heterocycles. The molecular weight excluding hydrogens is 454 g/mol. The van der Waals surface area contributed by atoms with Gasteiger partial charge in [-0.2, -0.15) is 0 Å². The fourth-order valence-corrected chi connectivity index (χ4v) is 3.73. The number of nitrogens with one attached hydrogen (secondary N) is 2. The highest BCUT2D eigenvalue weighted by molar-refractivity contribution is 7.14. The molecule has 3 rings (SSSR count). The summed E-state index contributed by atoms with van der Waals surface area (Å²) in [6.07, 6.45) is 0.633. The van der Waals surface area contributed by atoms with E-state index in [1.54, 1.807) is 36.4 Å². The summed E-state index contributed by atoms with van der Waals surface area (Å²) in [5, 5.41) is 8.40. The third kappa shape index (κ3) is 5.89. The van der Waals surface area contributed by atoms with Gasteiger partial charge in [-0.1, -0.05) is 11.6 Å². The van der Waals surface area contributed by atoms with Gasteiger partial charge in [-0.25, -0.2) is 4.98 Å². The van der Waals surface area contributed by atoms with E-state index in [0.29, 0.717) is 50.8 Å². The lowest BCUT2D eigenvalue weighted by molar-refractivity contribution is -0.116. The topological polar surface area (TPSA) is 98.8 Å². The number of methoxy groups -OCH3 is 3. The van der Waals surface area contributed by atoms with Gasteiger partial charge in [0.1, 0.15) is 0 Å². The van der Waals surface area contributed by atoms with E-state index in [9.17, 15) is 9.59 Å². The number of aryl methyl sites for hydroxylation is 1. The van der Waals surface area contributed by atoms with Crippen LogP contribution in [0.2, 0.25) is 5.02 Å². The number of ether oxygens (including phenoxy) is 3. The van der Waals surface area contributed by atoms with E-state index in [4.69, 9.17) is 25.8 Å². The van der Waals surface area contributed by atoms with Crippen LogP contribution in [0.1, 0.15) is 22.5 Å². The van der Waals surface area contributed by atoms with Crippen LogP contribution < -0.4 is 24.8 Å². The molecule has 32 heavy (non-hydrogen) atoms. The van der Waals surface area contributed by atoms with Crippen LogP contribution in [0.4, 0.5) is 10.8 Å². The molecule has 3 aromatic rings. The Labute approximate surface area is 194 Å². The number of hydrogen-bond acceptors (Lipinski definition) is 7. The first-order chi connectivity index (χ1) is 15.4. The largest absolute Gasteiger partial charge is 0.493 e. The van der Waals surface area contributed by atoms with Gasteiger partial charge in [0.2, 0.25) is 11.7 Å². The lowest BCUT2D eigenvalue weighted by Gasteiger charge is -2.14. The second kappa shape index (κ2) is 10.8. The molecule has 1 heterocycles. The molecule has 0 saturated carbocycles. The van der Waals surface area contributed by atoms with Crippen LogP contribution >= 0.6 is 22.9 Å². The van der Waals surface area contributed by atoms with Gasteiger partial charge in [0, 0.05) is 40.2 Å². The van der Waals surface area contributed by atoms with Gasteiger partial charge in [0.25, 0.3) is 5.91 Å². The van der Waals surface area contributed by atoms with E-state index in [1.165, 1.54) is 32.7 Å². The van der Waals surface area contributed by atoms with Crippen molar-refractivity contribution in [3.05, 3.63) is 58.1 Å². The van der Waals surface area contributed by atoms with Crippen LogP contribution in [-0.4, -0.2) is 38.1 Å². The molecule has 1 aromatic heterocycles. The average Bonchev–Trinajstić information content (AvgIpc) is 3.24. The Bertz CT molecular complexity index is 1080. The van der Waals surface area contributed by atoms with Gasteiger partial charge in [-0.3, -0.25) is 14.9 Å². The fourth-order valence-electron chi connectivity index (χ4n) is 2.87. The molecule has 0 aliphatic carbocycles. The van der Waals surface area contributed by atoms with Gasteiger partial charge in [0.15, 0.2) is 16.6 Å². The highest BCUT2D eigenvalue weighted by atomic mass is 35.5. The third-order valence-corrected chi connectivity index (χ3v) is 5.49. The van der Waals surface area contributed by atoms with Crippen LogP contribution in [0.25, 0.3) is 0 Å². The Morgan fingerprint density at radius 3 is 2.25 bits per heavy atom. The van der Waals surface area contributed by atoms with Crippen molar-refractivity contribution in [3.8, 4) is 17.2 Å². The number of anilines is 2. The molecule has 0 bridgehead atoms. The highest BCUT2D eigenvalue weighted by Gasteiger charge is 2.15. The Kier molecular flexibility index (Phi) is 7.91. The summed E-state index contributed by atoms with van der Waals surface area (Å²) in [5.41, 5.74) is 1.72. The maximum Gasteiger partial charge on any atom is 0.257 e. The molecular formula is C22H22ClN3O5S. The molecule has 0 spiro atoms. The normalized spacial score (nSPS) is 10.4. The summed E-state index contributed by atoms with van der Waals surface area (Å²) < 4.78 is 15.9. The van der Waals surface area contributed by atoms with E-state index in [-0.39, 0.29) is 18.2 Å². The zero-order valence-corrected chi connectivity index (χ0v) is 19.3. The minimum Gasteiger partial charge on any atom is -0.493 e. The van der Waals surface area contributed by atoms with E-state index in [2.05, 4.69) is 15.6 Å². The van der Waals surface area contributed by atoms with Crippen molar-refractivity contribution in [2.45, 2.75) is 12.8 Å². The van der Waals surface area contributed by atoms with Crippen molar-refractivity contribution in [2.75, 3.05) is 32.0 Å². The van der Waals surface area contributed by atoms with Gasteiger partial charge < -0.3 is 19.5 Å². The number of rotatable bonds is 9. The van der Waals surface area contributed by atoms with Gasteiger partial charge in [-0.15, -0.1) is 11.3 Å². The Morgan fingerprint density at radius 1 is 1.00 bits per heavy atom. The molecule has 0 fully saturated rings. The molecule has 8 nitrogen and oxygen atoms in total. The van der Waals surface area contributed by atoms with Gasteiger partial charge >= 0.3 is 0 Å². The van der Waals surface area contributed by atoms with Crippen molar-refractivity contribution in [2.24, 2.45) is 0 Å². The van der Waals surface area contributed by atoms with Crippen LogP contribution in [0, 0.1) is 0 Å². The third-order valence-electron chi connectivity index (χ3n) is 4.44. The number of halogens is 1. The number of benzene rings is 2. The SMILES string of the molecule is COc1cc(NC(=O)CCc2csc(NC(=O)c3ccc(Cl)cc3)n2)cc(OC)c1OC. The predicted octanol–water partition coefficient (Wildman–Crippen LogP) is 4.65. The zero-order valence-electron chi connectivity index (χ0n) is 17.7. The maximum atomic E-state index is 12.4. The first-order valence-electron chi connectivity index (χ1n) is 9.54. The number of amides is 2. The molecule has 2 amide bonds. The summed E-state index contributed by atoms with van der Waals surface area (Å²) in [4.78, 5) is 29.1. The summed E-state index contributed by atoms with van der Waals surface area (Å²) in [5.74, 6) is 0.871. The summed E-state index contributed by atoms with van der Waals surface area (Å²) in [7, 11) is 4.53. The Hall–Kier alpha value is -3.30. The summed E-state index contributed by atoms with van der Waals surface area (Å²) >= 11 is 7.14.